The zero-order valence-electron chi connectivity index (χ0n) is 11.7. The van der Waals surface area contributed by atoms with Crippen molar-refractivity contribution in [2.24, 2.45) is 0 Å². The van der Waals surface area contributed by atoms with Crippen molar-refractivity contribution in [1.29, 1.82) is 5.26 Å². The van der Waals surface area contributed by atoms with Crippen molar-refractivity contribution in [2.45, 2.75) is 38.9 Å². The van der Waals surface area contributed by atoms with E-state index in [2.05, 4.69) is 17.6 Å². The first-order valence-corrected chi connectivity index (χ1v) is 6.19. The van der Waals surface area contributed by atoms with Crippen LogP contribution in [0.25, 0.3) is 6.08 Å². The van der Waals surface area contributed by atoms with Gasteiger partial charge >= 0.3 is 7.12 Å². The Bertz CT molecular complexity index is 545. The maximum absolute atomic E-state index is 8.97. The Hall–Kier alpha value is -1.64. The van der Waals surface area contributed by atoms with Crippen molar-refractivity contribution >= 4 is 18.8 Å². The summed E-state index contributed by atoms with van der Waals surface area (Å²) in [4.78, 5) is 4.25. The summed E-state index contributed by atoms with van der Waals surface area (Å²) < 4.78 is 11.8. The Morgan fingerprint density at radius 1 is 1.32 bits per heavy atom. The number of hydrogen-bond donors (Lipinski definition) is 0. The molecule has 19 heavy (non-hydrogen) atoms. The predicted molar refractivity (Wildman–Crippen MR) is 74.8 cm³/mol. The Labute approximate surface area is 114 Å². The van der Waals surface area contributed by atoms with E-state index in [1.165, 1.54) is 6.20 Å². The fraction of sp³-hybridized carbons (Fsp3) is 0.429. The molecular formula is C14H17BN2O2. The van der Waals surface area contributed by atoms with Gasteiger partial charge in [-0.15, -0.1) is 0 Å². The van der Waals surface area contributed by atoms with Gasteiger partial charge < -0.3 is 9.31 Å². The van der Waals surface area contributed by atoms with E-state index >= 15 is 0 Å². The van der Waals surface area contributed by atoms with Crippen LogP contribution in [0.2, 0.25) is 0 Å². The molecule has 2 rings (SSSR count). The molecule has 1 fully saturated rings. The van der Waals surface area contributed by atoms with Crippen molar-refractivity contribution in [3.8, 4) is 6.07 Å². The van der Waals surface area contributed by atoms with Gasteiger partial charge in [-0.05, 0) is 39.3 Å². The van der Waals surface area contributed by atoms with Gasteiger partial charge in [-0.1, -0.05) is 12.7 Å². The first-order chi connectivity index (χ1) is 8.80. The molecule has 0 spiro atoms. The standard InChI is InChI=1S/C14H17BN2O2/c1-6-10-7-12(17-9-11(10)8-16)15-18-13(2,3)14(4,5)19-15/h6-7,9H,1H2,2-5H3. The van der Waals surface area contributed by atoms with Gasteiger partial charge in [0.25, 0.3) is 0 Å². The Kier molecular flexibility index (Phi) is 3.25. The van der Waals surface area contributed by atoms with Crippen molar-refractivity contribution in [3.63, 3.8) is 0 Å². The quantitative estimate of drug-likeness (QED) is 0.758. The Balaban J connectivity index is 2.36. The van der Waals surface area contributed by atoms with Crippen molar-refractivity contribution < 1.29 is 9.31 Å². The monoisotopic (exact) mass is 256 g/mol. The lowest BCUT2D eigenvalue weighted by Gasteiger charge is -2.32. The number of hydrogen-bond acceptors (Lipinski definition) is 4. The molecular weight excluding hydrogens is 239 g/mol. The van der Waals surface area contributed by atoms with Gasteiger partial charge in [-0.3, -0.25) is 4.98 Å². The van der Waals surface area contributed by atoms with Crippen LogP contribution < -0.4 is 5.59 Å². The molecule has 0 radical (unpaired) electrons. The van der Waals surface area contributed by atoms with E-state index < -0.39 is 18.3 Å². The SMILES string of the molecule is C=Cc1cc(B2OC(C)(C)C(C)(C)O2)ncc1C#N. The van der Waals surface area contributed by atoms with E-state index in [0.717, 1.165) is 5.56 Å². The van der Waals surface area contributed by atoms with E-state index in [9.17, 15) is 0 Å². The highest BCUT2D eigenvalue weighted by molar-refractivity contribution is 6.61. The highest BCUT2D eigenvalue weighted by atomic mass is 16.7. The molecule has 1 aliphatic heterocycles. The summed E-state index contributed by atoms with van der Waals surface area (Å²) in [5, 5.41) is 8.97. The van der Waals surface area contributed by atoms with E-state index in [1.807, 2.05) is 27.7 Å². The van der Waals surface area contributed by atoms with Gasteiger partial charge in [-0.2, -0.15) is 5.26 Å². The van der Waals surface area contributed by atoms with Crippen molar-refractivity contribution in [1.82, 2.24) is 4.98 Å². The minimum atomic E-state index is -0.517. The van der Waals surface area contributed by atoms with Crippen LogP contribution in [0.1, 0.15) is 38.8 Å². The molecule has 5 heteroatoms. The van der Waals surface area contributed by atoms with Crippen LogP contribution in [0.3, 0.4) is 0 Å². The molecule has 0 atom stereocenters. The first kappa shape index (κ1) is 13.8. The van der Waals surface area contributed by atoms with Crippen LogP contribution >= 0.6 is 0 Å². The third-order valence-corrected chi connectivity index (χ3v) is 3.79. The fourth-order valence-corrected chi connectivity index (χ4v) is 1.84. The Morgan fingerprint density at radius 3 is 2.37 bits per heavy atom. The summed E-state index contributed by atoms with van der Waals surface area (Å²) in [6, 6.07) is 3.87. The van der Waals surface area contributed by atoms with E-state index in [1.54, 1.807) is 12.1 Å². The summed E-state index contributed by atoms with van der Waals surface area (Å²) in [6.07, 6.45) is 3.16. The van der Waals surface area contributed by atoms with Crippen LogP contribution in [-0.2, 0) is 9.31 Å². The second-order valence-electron chi connectivity index (χ2n) is 5.60. The van der Waals surface area contributed by atoms with Crippen LogP contribution in [0.5, 0.6) is 0 Å². The van der Waals surface area contributed by atoms with Crippen LogP contribution in [0, 0.1) is 11.3 Å². The summed E-state index contributed by atoms with van der Waals surface area (Å²) in [5.41, 5.74) is 1.09. The smallest absolute Gasteiger partial charge is 0.398 e. The van der Waals surface area contributed by atoms with Gasteiger partial charge in [-0.25, -0.2) is 0 Å². The number of nitrogens with zero attached hydrogens (tertiary/aromatic N) is 2. The summed E-state index contributed by atoms with van der Waals surface area (Å²) in [6.45, 7) is 11.7. The lowest BCUT2D eigenvalue weighted by Crippen LogP contribution is -2.41. The second kappa shape index (κ2) is 4.48. The number of pyridine rings is 1. The van der Waals surface area contributed by atoms with Crippen LogP contribution in [0.15, 0.2) is 18.8 Å². The van der Waals surface area contributed by atoms with E-state index in [0.29, 0.717) is 11.2 Å². The molecule has 0 aliphatic carbocycles. The van der Waals surface area contributed by atoms with E-state index in [-0.39, 0.29) is 0 Å². The molecule has 0 aromatic carbocycles. The molecule has 1 aromatic heterocycles. The predicted octanol–water partition coefficient (Wildman–Crippen LogP) is 1.90. The number of aromatic nitrogens is 1. The first-order valence-electron chi connectivity index (χ1n) is 6.19. The zero-order chi connectivity index (χ0) is 14.3. The number of nitriles is 1. The average Bonchev–Trinajstić information content (AvgIpc) is 2.57. The molecule has 1 aliphatic rings. The van der Waals surface area contributed by atoms with Gasteiger partial charge in [0.15, 0.2) is 0 Å². The van der Waals surface area contributed by atoms with Crippen LogP contribution in [-0.4, -0.2) is 23.3 Å². The van der Waals surface area contributed by atoms with Gasteiger partial charge in [0.1, 0.15) is 6.07 Å². The molecule has 1 aromatic rings. The third-order valence-electron chi connectivity index (χ3n) is 3.79. The topological polar surface area (TPSA) is 55.1 Å². The molecule has 98 valence electrons. The average molecular weight is 256 g/mol. The minimum Gasteiger partial charge on any atom is -0.398 e. The maximum atomic E-state index is 8.97. The minimum absolute atomic E-state index is 0.401. The summed E-state index contributed by atoms with van der Waals surface area (Å²) in [7, 11) is -0.517. The van der Waals surface area contributed by atoms with Crippen molar-refractivity contribution in [2.75, 3.05) is 0 Å². The van der Waals surface area contributed by atoms with E-state index in [4.69, 9.17) is 14.6 Å². The molecule has 1 saturated heterocycles. The molecule has 2 heterocycles. The van der Waals surface area contributed by atoms with Crippen LogP contribution in [0.4, 0.5) is 0 Å². The van der Waals surface area contributed by atoms with Crippen molar-refractivity contribution in [3.05, 3.63) is 30.0 Å². The summed E-state index contributed by atoms with van der Waals surface area (Å²) >= 11 is 0. The third kappa shape index (κ3) is 2.29. The molecule has 0 N–H and O–H groups in total. The highest BCUT2D eigenvalue weighted by Gasteiger charge is 2.52. The molecule has 0 saturated carbocycles. The second-order valence-corrected chi connectivity index (χ2v) is 5.60. The van der Waals surface area contributed by atoms with Gasteiger partial charge in [0, 0.05) is 6.20 Å². The normalized spacial score (nSPS) is 20.1. The zero-order valence-corrected chi connectivity index (χ0v) is 11.7. The van der Waals surface area contributed by atoms with Gasteiger partial charge in [0.05, 0.1) is 22.4 Å². The number of rotatable bonds is 2. The maximum Gasteiger partial charge on any atom is 0.514 e. The molecule has 0 bridgehead atoms. The molecule has 0 amide bonds. The Morgan fingerprint density at radius 2 is 1.89 bits per heavy atom. The lowest BCUT2D eigenvalue weighted by atomic mass is 9.83. The largest absolute Gasteiger partial charge is 0.514 e. The summed E-state index contributed by atoms with van der Waals surface area (Å²) in [5.74, 6) is 0. The van der Waals surface area contributed by atoms with Gasteiger partial charge in [0.2, 0.25) is 0 Å². The fourth-order valence-electron chi connectivity index (χ4n) is 1.84. The molecule has 0 unspecified atom stereocenters. The lowest BCUT2D eigenvalue weighted by molar-refractivity contribution is 0.00578. The highest BCUT2D eigenvalue weighted by Crippen LogP contribution is 2.36. The molecule has 4 nitrogen and oxygen atoms in total.